The summed E-state index contributed by atoms with van der Waals surface area (Å²) in [6.07, 6.45) is 0. The van der Waals surface area contributed by atoms with E-state index in [1.807, 2.05) is 30.3 Å². The van der Waals surface area contributed by atoms with E-state index in [2.05, 4.69) is 5.32 Å². The van der Waals surface area contributed by atoms with Gasteiger partial charge < -0.3 is 11.1 Å². The van der Waals surface area contributed by atoms with E-state index < -0.39 is 11.6 Å². The van der Waals surface area contributed by atoms with Crippen LogP contribution in [0, 0.1) is 0 Å². The van der Waals surface area contributed by atoms with E-state index in [-0.39, 0.29) is 5.91 Å². The number of carbonyl (C=O) groups is 2. The van der Waals surface area contributed by atoms with Crippen molar-refractivity contribution in [3.63, 3.8) is 0 Å². The van der Waals surface area contributed by atoms with Crippen molar-refractivity contribution < 1.29 is 9.59 Å². The molecule has 5 heteroatoms. The van der Waals surface area contributed by atoms with E-state index >= 15 is 0 Å². The number of nitrogen functional groups attached to an aromatic ring is 1. The molecule has 21 heavy (non-hydrogen) atoms. The van der Waals surface area contributed by atoms with Gasteiger partial charge in [0.25, 0.3) is 5.91 Å². The monoisotopic (exact) mass is 281 g/mol. The number of rotatable bonds is 2. The van der Waals surface area contributed by atoms with Crippen LogP contribution in [0.1, 0.15) is 12.5 Å². The Morgan fingerprint density at radius 3 is 2.24 bits per heavy atom. The van der Waals surface area contributed by atoms with Crippen molar-refractivity contribution in [2.24, 2.45) is 0 Å². The number of amides is 3. The maximum atomic E-state index is 12.7. The molecule has 106 valence electrons. The molecule has 0 spiro atoms. The lowest BCUT2D eigenvalue weighted by molar-refractivity contribution is -0.121. The molecule has 1 fully saturated rings. The molecule has 2 aromatic rings. The fraction of sp³-hybridized carbons (Fsp3) is 0.125. The van der Waals surface area contributed by atoms with E-state index in [0.29, 0.717) is 11.4 Å². The average Bonchev–Trinajstić information content (AvgIpc) is 2.72. The Morgan fingerprint density at radius 1 is 1.00 bits per heavy atom. The summed E-state index contributed by atoms with van der Waals surface area (Å²) in [4.78, 5) is 26.1. The summed E-state index contributed by atoms with van der Waals surface area (Å²) >= 11 is 0. The quantitative estimate of drug-likeness (QED) is 0.654. The van der Waals surface area contributed by atoms with Gasteiger partial charge in [-0.2, -0.15) is 0 Å². The molecule has 0 aromatic heterocycles. The number of anilines is 2. The van der Waals surface area contributed by atoms with Crippen molar-refractivity contribution in [1.82, 2.24) is 5.32 Å². The maximum Gasteiger partial charge on any atom is 0.329 e. The van der Waals surface area contributed by atoms with Gasteiger partial charge in [-0.1, -0.05) is 30.3 Å². The third kappa shape index (κ3) is 2.03. The molecule has 5 nitrogen and oxygen atoms in total. The smallest absolute Gasteiger partial charge is 0.329 e. The Hall–Kier alpha value is -2.82. The standard InChI is InChI=1S/C16H15N3O2/c1-16(11-5-3-2-4-6-11)14(20)19(15(21)18-16)13-9-7-12(17)8-10-13/h2-10H,17H2,1H3,(H,18,21). The summed E-state index contributed by atoms with van der Waals surface area (Å²) in [5.41, 5.74) is 6.42. The topological polar surface area (TPSA) is 75.4 Å². The first kappa shape index (κ1) is 13.2. The maximum absolute atomic E-state index is 12.7. The van der Waals surface area contributed by atoms with Gasteiger partial charge in [0.05, 0.1) is 5.69 Å². The highest BCUT2D eigenvalue weighted by molar-refractivity contribution is 6.23. The van der Waals surface area contributed by atoms with E-state index in [0.717, 1.165) is 10.5 Å². The lowest BCUT2D eigenvalue weighted by atomic mass is 9.92. The number of urea groups is 1. The minimum Gasteiger partial charge on any atom is -0.399 e. The Morgan fingerprint density at radius 2 is 1.62 bits per heavy atom. The van der Waals surface area contributed by atoms with Gasteiger partial charge in [-0.3, -0.25) is 4.79 Å². The number of carbonyl (C=O) groups excluding carboxylic acids is 2. The third-order valence-corrected chi connectivity index (χ3v) is 3.69. The molecule has 2 aromatic carbocycles. The summed E-state index contributed by atoms with van der Waals surface area (Å²) in [5, 5.41) is 2.77. The molecule has 1 saturated heterocycles. The molecule has 0 radical (unpaired) electrons. The Bertz CT molecular complexity index is 697. The number of hydrogen-bond donors (Lipinski definition) is 2. The summed E-state index contributed by atoms with van der Waals surface area (Å²) in [6, 6.07) is 15.4. The molecular weight excluding hydrogens is 266 g/mol. The van der Waals surface area contributed by atoms with Crippen LogP contribution in [0.5, 0.6) is 0 Å². The van der Waals surface area contributed by atoms with Gasteiger partial charge in [-0.05, 0) is 36.8 Å². The highest BCUT2D eigenvalue weighted by Gasteiger charge is 2.49. The summed E-state index contributed by atoms with van der Waals surface area (Å²) < 4.78 is 0. The van der Waals surface area contributed by atoms with Gasteiger partial charge in [0.1, 0.15) is 5.54 Å². The predicted molar refractivity (Wildman–Crippen MR) is 80.7 cm³/mol. The molecule has 3 N–H and O–H groups in total. The second-order valence-electron chi connectivity index (χ2n) is 5.15. The number of nitrogens with one attached hydrogen (secondary N) is 1. The fourth-order valence-electron chi connectivity index (χ4n) is 2.46. The van der Waals surface area contributed by atoms with Gasteiger partial charge in [-0.15, -0.1) is 0 Å². The third-order valence-electron chi connectivity index (χ3n) is 3.69. The fourth-order valence-corrected chi connectivity index (χ4v) is 2.46. The average molecular weight is 281 g/mol. The van der Waals surface area contributed by atoms with Gasteiger partial charge >= 0.3 is 6.03 Å². The lowest BCUT2D eigenvalue weighted by Gasteiger charge is -2.22. The van der Waals surface area contributed by atoms with Gasteiger partial charge in [0.15, 0.2) is 0 Å². The zero-order chi connectivity index (χ0) is 15.0. The SMILES string of the molecule is CC1(c2ccccc2)NC(=O)N(c2ccc(N)cc2)C1=O. The largest absolute Gasteiger partial charge is 0.399 e. The molecule has 1 unspecified atom stereocenters. The van der Waals surface area contributed by atoms with Crippen LogP contribution >= 0.6 is 0 Å². The first-order valence-electron chi connectivity index (χ1n) is 6.60. The van der Waals surface area contributed by atoms with E-state index in [4.69, 9.17) is 5.73 Å². The van der Waals surface area contributed by atoms with Crippen LogP contribution in [0.4, 0.5) is 16.2 Å². The minimum absolute atomic E-state index is 0.302. The highest BCUT2D eigenvalue weighted by Crippen LogP contribution is 2.32. The molecule has 0 bridgehead atoms. The molecule has 0 aliphatic carbocycles. The normalized spacial score (nSPS) is 21.5. The first-order valence-corrected chi connectivity index (χ1v) is 6.60. The van der Waals surface area contributed by atoms with Crippen LogP contribution in [0.15, 0.2) is 54.6 Å². The van der Waals surface area contributed by atoms with Crippen molar-refractivity contribution in [2.75, 3.05) is 10.6 Å². The molecule has 1 heterocycles. The summed E-state index contributed by atoms with van der Waals surface area (Å²) in [7, 11) is 0. The Kier molecular flexibility index (Phi) is 2.90. The Labute approximate surface area is 122 Å². The van der Waals surface area contributed by atoms with Crippen LogP contribution in [0.25, 0.3) is 0 Å². The van der Waals surface area contributed by atoms with Gasteiger partial charge in [0, 0.05) is 5.69 Å². The number of nitrogens with two attached hydrogens (primary N) is 1. The van der Waals surface area contributed by atoms with Crippen molar-refractivity contribution in [3.8, 4) is 0 Å². The summed E-state index contributed by atoms with van der Waals surface area (Å²) in [6.45, 7) is 1.71. The number of benzene rings is 2. The molecule has 1 aliphatic heterocycles. The zero-order valence-electron chi connectivity index (χ0n) is 11.5. The Balaban J connectivity index is 2.01. The van der Waals surface area contributed by atoms with E-state index in [9.17, 15) is 9.59 Å². The molecule has 1 atom stereocenters. The van der Waals surface area contributed by atoms with Crippen LogP contribution in [0.2, 0.25) is 0 Å². The number of imide groups is 1. The molecular formula is C16H15N3O2. The zero-order valence-corrected chi connectivity index (χ0v) is 11.5. The van der Waals surface area contributed by atoms with Crippen molar-refractivity contribution in [2.45, 2.75) is 12.5 Å². The van der Waals surface area contributed by atoms with Crippen molar-refractivity contribution in [1.29, 1.82) is 0 Å². The number of nitrogens with zero attached hydrogens (tertiary/aromatic N) is 1. The van der Waals surface area contributed by atoms with Gasteiger partial charge in [-0.25, -0.2) is 9.69 Å². The van der Waals surface area contributed by atoms with Crippen LogP contribution in [-0.4, -0.2) is 11.9 Å². The predicted octanol–water partition coefficient (Wildman–Crippen LogP) is 2.24. The van der Waals surface area contributed by atoms with Crippen LogP contribution in [-0.2, 0) is 10.3 Å². The summed E-state index contributed by atoms with van der Waals surface area (Å²) in [5.74, 6) is -0.302. The highest BCUT2D eigenvalue weighted by atomic mass is 16.2. The second kappa shape index (κ2) is 4.63. The van der Waals surface area contributed by atoms with E-state index in [1.165, 1.54) is 0 Å². The van der Waals surface area contributed by atoms with Crippen molar-refractivity contribution >= 4 is 23.3 Å². The second-order valence-corrected chi connectivity index (χ2v) is 5.15. The molecule has 1 aliphatic rings. The van der Waals surface area contributed by atoms with Crippen LogP contribution < -0.4 is 16.0 Å². The molecule has 3 rings (SSSR count). The lowest BCUT2D eigenvalue weighted by Crippen LogP contribution is -2.40. The molecule has 3 amide bonds. The first-order chi connectivity index (χ1) is 10.0. The van der Waals surface area contributed by atoms with Gasteiger partial charge in [0.2, 0.25) is 0 Å². The molecule has 0 saturated carbocycles. The van der Waals surface area contributed by atoms with Crippen molar-refractivity contribution in [3.05, 3.63) is 60.2 Å². The number of hydrogen-bond acceptors (Lipinski definition) is 3. The van der Waals surface area contributed by atoms with E-state index in [1.54, 1.807) is 31.2 Å². The minimum atomic E-state index is -1.06. The van der Waals surface area contributed by atoms with Crippen LogP contribution in [0.3, 0.4) is 0 Å².